The lowest BCUT2D eigenvalue weighted by molar-refractivity contribution is -0.0509. The SMILES string of the molecule is FC(F)Oc1ccccc1CN(CC1CCN(C2CCCC2)CC1)C[C@H]1CCCO1. The Morgan fingerprint density at radius 1 is 1.00 bits per heavy atom. The first-order valence-corrected chi connectivity index (χ1v) is 11.8. The van der Waals surface area contributed by atoms with Gasteiger partial charge in [0, 0.05) is 37.8 Å². The van der Waals surface area contributed by atoms with Crippen LogP contribution in [-0.4, -0.2) is 61.3 Å². The summed E-state index contributed by atoms with van der Waals surface area (Å²) in [4.78, 5) is 5.12. The standard InChI is InChI=1S/C24H36F2N2O2/c25-24(26)30-23-10-4-1-6-20(23)17-27(18-22-9-5-15-29-22)16-19-11-13-28(14-12-19)21-7-2-3-8-21/h1,4,6,10,19,21-22,24H,2-3,5,7-9,11-18H2/t22-/m1/s1. The zero-order chi connectivity index (χ0) is 20.8. The number of ether oxygens (including phenoxy) is 2. The van der Waals surface area contributed by atoms with Gasteiger partial charge in [0.25, 0.3) is 0 Å². The molecular formula is C24H36F2N2O2. The van der Waals surface area contributed by atoms with Crippen molar-refractivity contribution < 1.29 is 18.3 Å². The molecule has 1 aliphatic carbocycles. The fourth-order valence-electron chi connectivity index (χ4n) is 5.50. The van der Waals surface area contributed by atoms with Gasteiger partial charge in [-0.2, -0.15) is 8.78 Å². The average molecular weight is 423 g/mol. The van der Waals surface area contributed by atoms with Crippen LogP contribution in [0.2, 0.25) is 0 Å². The van der Waals surface area contributed by atoms with E-state index in [0.717, 1.165) is 44.1 Å². The molecule has 2 heterocycles. The van der Waals surface area contributed by atoms with E-state index in [1.807, 2.05) is 12.1 Å². The van der Waals surface area contributed by atoms with E-state index in [2.05, 4.69) is 9.80 Å². The van der Waals surface area contributed by atoms with E-state index in [-0.39, 0.29) is 6.10 Å². The van der Waals surface area contributed by atoms with Crippen molar-refractivity contribution in [1.29, 1.82) is 0 Å². The highest BCUT2D eigenvalue weighted by molar-refractivity contribution is 5.33. The van der Waals surface area contributed by atoms with Gasteiger partial charge in [0.15, 0.2) is 0 Å². The Kier molecular flexibility index (Phi) is 7.96. The summed E-state index contributed by atoms with van der Waals surface area (Å²) in [6.45, 7) is 2.95. The third kappa shape index (κ3) is 6.14. The molecule has 30 heavy (non-hydrogen) atoms. The molecule has 1 atom stereocenters. The lowest BCUT2D eigenvalue weighted by atomic mass is 9.94. The Balaban J connectivity index is 1.37. The molecule has 4 nitrogen and oxygen atoms in total. The maximum Gasteiger partial charge on any atom is 0.387 e. The second-order valence-corrected chi connectivity index (χ2v) is 9.23. The Bertz CT molecular complexity index is 640. The molecule has 4 rings (SSSR count). The predicted molar refractivity (Wildman–Crippen MR) is 114 cm³/mol. The van der Waals surface area contributed by atoms with Crippen LogP contribution in [0.5, 0.6) is 5.75 Å². The van der Waals surface area contributed by atoms with E-state index in [4.69, 9.17) is 9.47 Å². The molecule has 0 bridgehead atoms. The molecular weight excluding hydrogens is 386 g/mol. The van der Waals surface area contributed by atoms with Crippen molar-refractivity contribution in [3.63, 3.8) is 0 Å². The highest BCUT2D eigenvalue weighted by Crippen LogP contribution is 2.29. The highest BCUT2D eigenvalue weighted by atomic mass is 19.3. The molecule has 0 spiro atoms. The van der Waals surface area contributed by atoms with Crippen LogP contribution in [0.3, 0.4) is 0 Å². The first-order valence-electron chi connectivity index (χ1n) is 11.8. The zero-order valence-corrected chi connectivity index (χ0v) is 18.0. The van der Waals surface area contributed by atoms with Crippen molar-refractivity contribution in [2.45, 2.75) is 76.7 Å². The van der Waals surface area contributed by atoms with E-state index in [1.54, 1.807) is 12.1 Å². The first kappa shape index (κ1) is 22.0. The first-order chi connectivity index (χ1) is 14.7. The molecule has 0 unspecified atom stereocenters. The summed E-state index contributed by atoms with van der Waals surface area (Å²) in [5.41, 5.74) is 0.833. The maximum absolute atomic E-state index is 12.8. The summed E-state index contributed by atoms with van der Waals surface area (Å²) >= 11 is 0. The Morgan fingerprint density at radius 2 is 1.77 bits per heavy atom. The van der Waals surface area contributed by atoms with Gasteiger partial charge in [-0.05, 0) is 63.6 Å². The third-order valence-corrected chi connectivity index (χ3v) is 7.08. The number of halogens is 2. The van der Waals surface area contributed by atoms with Gasteiger partial charge in [-0.25, -0.2) is 0 Å². The monoisotopic (exact) mass is 422 g/mol. The highest BCUT2D eigenvalue weighted by Gasteiger charge is 2.29. The Labute approximate surface area is 179 Å². The topological polar surface area (TPSA) is 24.9 Å². The fraction of sp³-hybridized carbons (Fsp3) is 0.750. The van der Waals surface area contributed by atoms with Crippen LogP contribution in [0.15, 0.2) is 24.3 Å². The second-order valence-electron chi connectivity index (χ2n) is 9.23. The van der Waals surface area contributed by atoms with Gasteiger partial charge < -0.3 is 14.4 Å². The van der Waals surface area contributed by atoms with Crippen molar-refractivity contribution >= 4 is 0 Å². The number of rotatable bonds is 9. The van der Waals surface area contributed by atoms with E-state index < -0.39 is 6.61 Å². The van der Waals surface area contributed by atoms with Gasteiger partial charge in [0.1, 0.15) is 5.75 Å². The quantitative estimate of drug-likeness (QED) is 0.564. The van der Waals surface area contributed by atoms with Crippen molar-refractivity contribution in [3.8, 4) is 5.75 Å². The maximum atomic E-state index is 12.8. The second kappa shape index (κ2) is 10.9. The van der Waals surface area contributed by atoms with Crippen LogP contribution in [0.25, 0.3) is 0 Å². The van der Waals surface area contributed by atoms with Crippen LogP contribution in [-0.2, 0) is 11.3 Å². The molecule has 0 N–H and O–H groups in total. The molecule has 2 aliphatic heterocycles. The van der Waals surface area contributed by atoms with Gasteiger partial charge in [-0.15, -0.1) is 0 Å². The molecule has 6 heteroatoms. The predicted octanol–water partition coefficient (Wildman–Crippen LogP) is 4.92. The van der Waals surface area contributed by atoms with Gasteiger partial charge >= 0.3 is 6.61 Å². The number of likely N-dealkylation sites (tertiary alicyclic amines) is 1. The van der Waals surface area contributed by atoms with Crippen LogP contribution < -0.4 is 4.74 Å². The molecule has 1 aromatic rings. The number of para-hydroxylation sites is 1. The number of piperidine rings is 1. The Hall–Kier alpha value is -1.24. The van der Waals surface area contributed by atoms with Crippen molar-refractivity contribution in [3.05, 3.63) is 29.8 Å². The van der Waals surface area contributed by atoms with Crippen LogP contribution in [0.4, 0.5) is 8.78 Å². The lowest BCUT2D eigenvalue weighted by Crippen LogP contribution is -2.43. The summed E-state index contributed by atoms with van der Waals surface area (Å²) in [6, 6.07) is 8.02. The van der Waals surface area contributed by atoms with Crippen molar-refractivity contribution in [2.75, 3.05) is 32.8 Å². The van der Waals surface area contributed by atoms with E-state index in [9.17, 15) is 8.78 Å². The molecule has 3 fully saturated rings. The van der Waals surface area contributed by atoms with Crippen molar-refractivity contribution in [1.82, 2.24) is 9.80 Å². The summed E-state index contributed by atoms with van der Waals surface area (Å²) in [5.74, 6) is 0.952. The molecule has 3 aliphatic rings. The molecule has 1 saturated carbocycles. The van der Waals surface area contributed by atoms with Crippen molar-refractivity contribution in [2.24, 2.45) is 5.92 Å². The molecule has 1 aromatic carbocycles. The summed E-state index contributed by atoms with van der Waals surface area (Å²) in [5, 5.41) is 0. The number of benzene rings is 1. The van der Waals surface area contributed by atoms with Gasteiger partial charge in [0.2, 0.25) is 0 Å². The molecule has 0 radical (unpaired) electrons. The number of alkyl halides is 2. The molecule has 168 valence electrons. The van der Waals surface area contributed by atoms with Gasteiger partial charge in [-0.3, -0.25) is 4.90 Å². The third-order valence-electron chi connectivity index (χ3n) is 7.08. The van der Waals surface area contributed by atoms with Gasteiger partial charge in [0.05, 0.1) is 6.10 Å². The fourth-order valence-corrected chi connectivity index (χ4v) is 5.50. The molecule has 0 amide bonds. The van der Waals surface area contributed by atoms with Gasteiger partial charge in [-0.1, -0.05) is 31.0 Å². The van der Waals surface area contributed by atoms with E-state index >= 15 is 0 Å². The van der Waals surface area contributed by atoms with Crippen LogP contribution in [0, 0.1) is 5.92 Å². The molecule has 0 aromatic heterocycles. The minimum atomic E-state index is -2.79. The smallest absolute Gasteiger partial charge is 0.387 e. The Morgan fingerprint density at radius 3 is 2.47 bits per heavy atom. The normalized spacial score (nSPS) is 24.3. The van der Waals surface area contributed by atoms with E-state index in [0.29, 0.717) is 18.2 Å². The number of hydrogen-bond acceptors (Lipinski definition) is 4. The summed E-state index contributed by atoms with van der Waals surface area (Å²) in [6.07, 6.45) is 10.4. The zero-order valence-electron chi connectivity index (χ0n) is 18.0. The van der Waals surface area contributed by atoms with E-state index in [1.165, 1.54) is 51.6 Å². The lowest BCUT2D eigenvalue weighted by Gasteiger charge is -2.38. The summed E-state index contributed by atoms with van der Waals surface area (Å²) in [7, 11) is 0. The number of hydrogen-bond donors (Lipinski definition) is 0. The summed E-state index contributed by atoms with van der Waals surface area (Å²) < 4.78 is 36.4. The minimum Gasteiger partial charge on any atom is -0.434 e. The molecule has 2 saturated heterocycles. The van der Waals surface area contributed by atoms with Crippen LogP contribution in [0.1, 0.15) is 56.9 Å². The average Bonchev–Trinajstić information content (AvgIpc) is 3.44. The largest absolute Gasteiger partial charge is 0.434 e. The minimum absolute atomic E-state index is 0.256. The van der Waals surface area contributed by atoms with Crippen LogP contribution >= 0.6 is 0 Å². The number of nitrogens with zero attached hydrogens (tertiary/aromatic N) is 2.